The number of pyridine rings is 1. The number of hydrogen-bond acceptors (Lipinski definition) is 6. The molecule has 1 aliphatic carbocycles. The maximum atomic E-state index is 13.0. The zero-order valence-corrected chi connectivity index (χ0v) is 19.1. The molecule has 13 heteroatoms. The average Bonchev–Trinajstić information content (AvgIpc) is 3.42. The number of hydrogen-bond donors (Lipinski definition) is 1. The van der Waals surface area contributed by atoms with E-state index in [1.165, 1.54) is 41.2 Å². The molecule has 2 heterocycles. The van der Waals surface area contributed by atoms with E-state index in [0.29, 0.717) is 5.56 Å². The zero-order chi connectivity index (χ0) is 24.7. The van der Waals surface area contributed by atoms with Gasteiger partial charge in [-0.25, -0.2) is 22.8 Å². The topological polar surface area (TPSA) is 103 Å². The second kappa shape index (κ2) is 8.48. The summed E-state index contributed by atoms with van der Waals surface area (Å²) in [6, 6.07) is 11.7. The molecule has 0 spiro atoms. The number of aromatic nitrogens is 3. The minimum Gasteiger partial charge on any atom is -0.476 e. The van der Waals surface area contributed by atoms with Gasteiger partial charge in [-0.05, 0) is 43.5 Å². The standard InChI is InChI=1S/C21H16ClF3N4O4S/c1-13-4-2-3-5-15(13)34(31,32)28-19(30)14-6-7-16(26-18(14)22)29-11-8-17(27-29)33-12-20(9-10-20)21(23,24)25/h4-8,11H,9-10,12H2,1H3,(H,28,30). The summed E-state index contributed by atoms with van der Waals surface area (Å²) in [4.78, 5) is 16.4. The van der Waals surface area contributed by atoms with Gasteiger partial charge in [0.1, 0.15) is 17.2 Å². The number of rotatable bonds is 7. The van der Waals surface area contributed by atoms with Crippen LogP contribution in [0.1, 0.15) is 28.8 Å². The second-order valence-corrected chi connectivity index (χ2v) is 9.74. The summed E-state index contributed by atoms with van der Waals surface area (Å²) in [5.41, 5.74) is -1.66. The number of halogens is 4. The lowest BCUT2D eigenvalue weighted by Crippen LogP contribution is -2.31. The van der Waals surface area contributed by atoms with Crippen LogP contribution in [0.2, 0.25) is 5.15 Å². The molecule has 1 fully saturated rings. The van der Waals surface area contributed by atoms with Crippen LogP contribution in [0.5, 0.6) is 5.88 Å². The Labute approximate surface area is 197 Å². The van der Waals surface area contributed by atoms with E-state index in [4.69, 9.17) is 16.3 Å². The van der Waals surface area contributed by atoms with E-state index in [1.54, 1.807) is 6.92 Å². The SMILES string of the molecule is Cc1cc#ccc1S(=O)(=O)NC(=O)c1ccc(-n2ccc(OCC3(C(F)(F)F)CC3)n2)nc1Cl. The second-order valence-electron chi connectivity index (χ2n) is 7.73. The Morgan fingerprint density at radius 3 is 2.59 bits per heavy atom. The molecule has 0 saturated heterocycles. The average molecular weight is 513 g/mol. The lowest BCUT2D eigenvalue weighted by Gasteiger charge is -2.18. The van der Waals surface area contributed by atoms with Crippen molar-refractivity contribution in [2.45, 2.75) is 30.8 Å². The van der Waals surface area contributed by atoms with Crippen molar-refractivity contribution in [2.75, 3.05) is 6.61 Å². The van der Waals surface area contributed by atoms with Gasteiger partial charge in [0, 0.05) is 18.3 Å². The molecule has 2 aromatic heterocycles. The Hall–Kier alpha value is -3.30. The first kappa shape index (κ1) is 23.8. The lowest BCUT2D eigenvalue weighted by molar-refractivity contribution is -0.194. The molecule has 0 bridgehead atoms. The highest BCUT2D eigenvalue weighted by Crippen LogP contribution is 2.57. The van der Waals surface area contributed by atoms with Gasteiger partial charge in [-0.2, -0.15) is 13.2 Å². The predicted octanol–water partition coefficient (Wildman–Crippen LogP) is 3.67. The van der Waals surface area contributed by atoms with Gasteiger partial charge >= 0.3 is 6.18 Å². The van der Waals surface area contributed by atoms with Crippen LogP contribution < -0.4 is 9.46 Å². The molecule has 0 radical (unpaired) electrons. The molecule has 8 nitrogen and oxygen atoms in total. The quantitative estimate of drug-likeness (QED) is 0.485. The minimum atomic E-state index is -4.34. The number of amides is 1. The van der Waals surface area contributed by atoms with Gasteiger partial charge in [0.2, 0.25) is 5.88 Å². The number of carbonyl (C=O) groups excluding carboxylic acids is 1. The van der Waals surface area contributed by atoms with Gasteiger partial charge in [-0.3, -0.25) is 4.79 Å². The molecule has 4 rings (SSSR count). The molecule has 34 heavy (non-hydrogen) atoms. The molecule has 0 aliphatic heterocycles. The Morgan fingerprint density at radius 2 is 1.97 bits per heavy atom. The summed E-state index contributed by atoms with van der Waals surface area (Å²) >= 11 is 6.09. The highest BCUT2D eigenvalue weighted by molar-refractivity contribution is 7.90. The van der Waals surface area contributed by atoms with Crippen LogP contribution in [0.25, 0.3) is 5.82 Å². The van der Waals surface area contributed by atoms with E-state index in [-0.39, 0.29) is 40.2 Å². The van der Waals surface area contributed by atoms with Crippen molar-refractivity contribution in [3.8, 4) is 11.7 Å². The van der Waals surface area contributed by atoms with Crippen LogP contribution in [-0.4, -0.2) is 41.9 Å². The van der Waals surface area contributed by atoms with E-state index in [0.717, 1.165) is 0 Å². The Balaban J connectivity index is 1.46. The van der Waals surface area contributed by atoms with Crippen molar-refractivity contribution in [1.29, 1.82) is 0 Å². The summed E-state index contributed by atoms with van der Waals surface area (Å²) in [6.45, 7) is 1.01. The fourth-order valence-corrected chi connectivity index (χ4v) is 4.47. The third-order valence-electron chi connectivity index (χ3n) is 5.31. The van der Waals surface area contributed by atoms with E-state index >= 15 is 0 Å². The highest BCUT2D eigenvalue weighted by Gasteiger charge is 2.64. The minimum absolute atomic E-state index is 0.00809. The Kier molecular flexibility index (Phi) is 5.95. The molecule has 178 valence electrons. The fraction of sp³-hybridized carbons (Fsp3) is 0.286. The summed E-state index contributed by atoms with van der Waals surface area (Å²) in [5.74, 6) is -0.892. The van der Waals surface area contributed by atoms with Crippen LogP contribution >= 0.6 is 11.6 Å². The molecular weight excluding hydrogens is 497 g/mol. The molecular formula is C21H16ClF3N4O4S. The summed E-state index contributed by atoms with van der Waals surface area (Å²) < 4.78 is 72.5. The van der Waals surface area contributed by atoms with Gasteiger partial charge in [-0.1, -0.05) is 23.7 Å². The molecule has 1 saturated carbocycles. The van der Waals surface area contributed by atoms with Crippen LogP contribution in [0.4, 0.5) is 13.2 Å². The monoisotopic (exact) mass is 512 g/mol. The Bertz CT molecular complexity index is 1350. The molecule has 3 aromatic rings. The molecule has 1 aromatic carbocycles. The van der Waals surface area contributed by atoms with Gasteiger partial charge in [0.05, 0.1) is 10.5 Å². The lowest BCUT2D eigenvalue weighted by atomic mass is 10.1. The third kappa shape index (κ3) is 4.67. The first-order valence-corrected chi connectivity index (χ1v) is 11.7. The molecule has 1 amide bonds. The van der Waals surface area contributed by atoms with Crippen molar-refractivity contribution in [3.63, 3.8) is 0 Å². The van der Waals surface area contributed by atoms with Crippen LogP contribution in [-0.2, 0) is 10.0 Å². The summed E-state index contributed by atoms with van der Waals surface area (Å²) in [7, 11) is -4.19. The summed E-state index contributed by atoms with van der Waals surface area (Å²) in [5, 5.41) is 3.72. The van der Waals surface area contributed by atoms with E-state index < -0.39 is 34.1 Å². The number of sulfonamides is 1. The molecule has 1 aliphatic rings. The molecule has 0 unspecified atom stereocenters. The van der Waals surface area contributed by atoms with Crippen LogP contribution in [0.15, 0.2) is 41.4 Å². The largest absolute Gasteiger partial charge is 0.476 e. The number of aryl methyl sites for hydroxylation is 1. The van der Waals surface area contributed by atoms with E-state index in [9.17, 15) is 26.4 Å². The van der Waals surface area contributed by atoms with E-state index in [2.05, 4.69) is 22.2 Å². The van der Waals surface area contributed by atoms with Crippen molar-refractivity contribution in [1.82, 2.24) is 19.5 Å². The maximum absolute atomic E-state index is 13.0. The van der Waals surface area contributed by atoms with Gasteiger partial charge in [0.15, 0.2) is 5.82 Å². The van der Waals surface area contributed by atoms with Crippen LogP contribution in [0, 0.1) is 24.5 Å². The summed E-state index contributed by atoms with van der Waals surface area (Å²) in [6.07, 6.45) is -2.93. The van der Waals surface area contributed by atoms with Crippen molar-refractivity contribution in [2.24, 2.45) is 5.41 Å². The molecule has 1 N–H and O–H groups in total. The zero-order valence-electron chi connectivity index (χ0n) is 17.5. The first-order valence-electron chi connectivity index (χ1n) is 9.80. The predicted molar refractivity (Wildman–Crippen MR) is 113 cm³/mol. The molecule has 0 atom stereocenters. The van der Waals surface area contributed by atoms with Crippen molar-refractivity contribution < 1.29 is 31.1 Å². The number of nitrogens with zero attached hydrogens (tertiary/aromatic N) is 3. The Morgan fingerprint density at radius 1 is 1.26 bits per heavy atom. The van der Waals surface area contributed by atoms with Crippen molar-refractivity contribution >= 4 is 27.5 Å². The number of ether oxygens (including phenoxy) is 1. The smallest absolute Gasteiger partial charge is 0.397 e. The maximum Gasteiger partial charge on any atom is 0.397 e. The normalized spacial score (nSPS) is 14.9. The fourth-order valence-electron chi connectivity index (χ4n) is 3.07. The number of carbonyl (C=O) groups is 1. The third-order valence-corrected chi connectivity index (χ3v) is 7.07. The highest BCUT2D eigenvalue weighted by atomic mass is 35.5. The van der Waals surface area contributed by atoms with Gasteiger partial charge < -0.3 is 4.74 Å². The first-order chi connectivity index (χ1) is 15.9. The number of alkyl halides is 3. The van der Waals surface area contributed by atoms with Crippen molar-refractivity contribution in [3.05, 3.63) is 64.9 Å². The number of nitrogens with one attached hydrogen (secondary N) is 1. The van der Waals surface area contributed by atoms with Crippen LogP contribution in [0.3, 0.4) is 0 Å². The van der Waals surface area contributed by atoms with E-state index in [1.807, 2.05) is 4.72 Å². The van der Waals surface area contributed by atoms with Gasteiger partial charge in [0.25, 0.3) is 15.9 Å². The van der Waals surface area contributed by atoms with Gasteiger partial charge in [-0.15, -0.1) is 5.10 Å².